The van der Waals surface area contributed by atoms with Crippen molar-refractivity contribution in [1.82, 2.24) is 0 Å². The first-order valence-corrected chi connectivity index (χ1v) is 3.77. The maximum atomic E-state index is 12.8. The standard InChI is InChI=1S/C6H8F8N2/c7-1(2(8)4(10)11)3(9)5(15,16)6(12,13)14/h1-4H,15-16H2. The molecule has 10 heteroatoms. The lowest BCUT2D eigenvalue weighted by molar-refractivity contribution is -0.212. The van der Waals surface area contributed by atoms with Crippen LogP contribution in [0.25, 0.3) is 0 Å². The average Bonchev–Trinajstić information content (AvgIpc) is 2.12. The van der Waals surface area contributed by atoms with E-state index in [0.717, 1.165) is 0 Å². The molecule has 4 N–H and O–H groups in total. The molecule has 3 unspecified atom stereocenters. The Morgan fingerprint density at radius 1 is 0.750 bits per heavy atom. The quantitative estimate of drug-likeness (QED) is 0.593. The summed E-state index contributed by atoms with van der Waals surface area (Å²) >= 11 is 0. The zero-order valence-electron chi connectivity index (χ0n) is 7.49. The number of hydrogen-bond donors (Lipinski definition) is 2. The van der Waals surface area contributed by atoms with E-state index in [4.69, 9.17) is 0 Å². The zero-order valence-corrected chi connectivity index (χ0v) is 7.49. The van der Waals surface area contributed by atoms with E-state index in [1.54, 1.807) is 0 Å². The third-order valence-electron chi connectivity index (χ3n) is 1.77. The molecule has 0 heterocycles. The summed E-state index contributed by atoms with van der Waals surface area (Å²) in [5.74, 6) is 0. The van der Waals surface area contributed by atoms with Crippen LogP contribution in [0.2, 0.25) is 0 Å². The van der Waals surface area contributed by atoms with E-state index in [1.165, 1.54) is 0 Å². The highest BCUT2D eigenvalue weighted by atomic mass is 19.4. The lowest BCUT2D eigenvalue weighted by Crippen LogP contribution is -2.70. The molecule has 0 aliphatic carbocycles. The van der Waals surface area contributed by atoms with Gasteiger partial charge in [0.2, 0.25) is 0 Å². The van der Waals surface area contributed by atoms with Gasteiger partial charge in [0.1, 0.15) is 0 Å². The van der Waals surface area contributed by atoms with Crippen molar-refractivity contribution >= 4 is 0 Å². The second-order valence-electron chi connectivity index (χ2n) is 3.06. The second-order valence-corrected chi connectivity index (χ2v) is 3.06. The number of nitrogens with two attached hydrogens (primary N) is 2. The lowest BCUT2D eigenvalue weighted by Gasteiger charge is -2.32. The van der Waals surface area contributed by atoms with Gasteiger partial charge in [-0.15, -0.1) is 0 Å². The first-order valence-electron chi connectivity index (χ1n) is 3.77. The maximum absolute atomic E-state index is 12.8. The fraction of sp³-hybridized carbons (Fsp3) is 1.00. The van der Waals surface area contributed by atoms with Gasteiger partial charge in [-0.25, -0.2) is 22.0 Å². The molecule has 0 spiro atoms. The van der Waals surface area contributed by atoms with Gasteiger partial charge in [0.15, 0.2) is 24.2 Å². The Bertz CT molecular complexity index is 227. The van der Waals surface area contributed by atoms with Crippen LogP contribution < -0.4 is 11.5 Å². The Morgan fingerprint density at radius 2 is 1.12 bits per heavy atom. The molecule has 0 radical (unpaired) electrons. The normalized spacial score (nSPS) is 19.7. The summed E-state index contributed by atoms with van der Waals surface area (Å²) in [7, 11) is 0. The SMILES string of the molecule is NC(N)(C(F)C(F)C(F)C(F)F)C(F)(F)F. The first-order chi connectivity index (χ1) is 6.93. The van der Waals surface area contributed by atoms with Crippen molar-refractivity contribution in [2.24, 2.45) is 11.5 Å². The number of hydrogen-bond acceptors (Lipinski definition) is 2. The van der Waals surface area contributed by atoms with Gasteiger partial charge in [-0.3, -0.25) is 0 Å². The van der Waals surface area contributed by atoms with Gasteiger partial charge in [0, 0.05) is 0 Å². The molecule has 0 bridgehead atoms. The van der Waals surface area contributed by atoms with Crippen LogP contribution in [0.1, 0.15) is 0 Å². The molecule has 0 aromatic heterocycles. The Labute approximate surface area is 84.6 Å². The third-order valence-corrected chi connectivity index (χ3v) is 1.77. The topological polar surface area (TPSA) is 52.0 Å². The van der Waals surface area contributed by atoms with Crippen molar-refractivity contribution in [3.05, 3.63) is 0 Å². The molecule has 0 fully saturated rings. The number of alkyl halides is 8. The van der Waals surface area contributed by atoms with E-state index in [-0.39, 0.29) is 0 Å². The van der Waals surface area contributed by atoms with Crippen LogP contribution in [0.3, 0.4) is 0 Å². The predicted octanol–water partition coefficient (Wildman–Crippen LogP) is 1.44. The van der Waals surface area contributed by atoms with Gasteiger partial charge in [-0.05, 0) is 0 Å². The van der Waals surface area contributed by atoms with Crippen molar-refractivity contribution in [2.45, 2.75) is 36.8 Å². The first kappa shape index (κ1) is 15.4. The van der Waals surface area contributed by atoms with Gasteiger partial charge >= 0.3 is 6.18 Å². The van der Waals surface area contributed by atoms with Crippen LogP contribution in [-0.2, 0) is 0 Å². The van der Waals surface area contributed by atoms with Crippen LogP contribution >= 0.6 is 0 Å². The molecule has 2 nitrogen and oxygen atoms in total. The monoisotopic (exact) mass is 260 g/mol. The summed E-state index contributed by atoms with van der Waals surface area (Å²) in [5.41, 5.74) is 4.17. The van der Waals surface area contributed by atoms with E-state index in [1.807, 2.05) is 0 Å². The minimum atomic E-state index is -5.60. The number of halogens is 8. The van der Waals surface area contributed by atoms with Crippen molar-refractivity contribution in [2.75, 3.05) is 0 Å². The molecule has 0 aliphatic rings. The molecule has 0 aromatic carbocycles. The Balaban J connectivity index is 4.86. The molecular weight excluding hydrogens is 252 g/mol. The molecule has 0 aromatic rings. The average molecular weight is 260 g/mol. The molecule has 16 heavy (non-hydrogen) atoms. The Morgan fingerprint density at radius 3 is 1.38 bits per heavy atom. The molecule has 0 saturated carbocycles. The van der Waals surface area contributed by atoms with Gasteiger partial charge in [0.05, 0.1) is 0 Å². The summed E-state index contributed by atoms with van der Waals surface area (Å²) in [4.78, 5) is 0. The third kappa shape index (κ3) is 2.94. The highest BCUT2D eigenvalue weighted by molar-refractivity contribution is 4.98. The van der Waals surface area contributed by atoms with Crippen LogP contribution in [0, 0.1) is 0 Å². The van der Waals surface area contributed by atoms with E-state index < -0.39 is 36.8 Å². The molecule has 0 saturated heterocycles. The molecule has 0 amide bonds. The fourth-order valence-electron chi connectivity index (χ4n) is 0.720. The summed E-state index contributed by atoms with van der Waals surface area (Å²) < 4.78 is 96.6. The molecular formula is C6H8F8N2. The molecule has 0 aliphatic heterocycles. The Kier molecular flexibility index (Phi) is 4.51. The maximum Gasteiger partial charge on any atom is 0.422 e. The minimum Gasteiger partial charge on any atom is -0.303 e. The van der Waals surface area contributed by atoms with E-state index in [2.05, 4.69) is 11.5 Å². The van der Waals surface area contributed by atoms with Gasteiger partial charge in [0.25, 0.3) is 6.43 Å². The fourth-order valence-corrected chi connectivity index (χ4v) is 0.720. The molecule has 98 valence electrons. The van der Waals surface area contributed by atoms with Crippen LogP contribution in [0.15, 0.2) is 0 Å². The van der Waals surface area contributed by atoms with Gasteiger partial charge in [-0.2, -0.15) is 13.2 Å². The second kappa shape index (κ2) is 4.70. The van der Waals surface area contributed by atoms with Crippen molar-refractivity contribution in [3.8, 4) is 0 Å². The van der Waals surface area contributed by atoms with Crippen molar-refractivity contribution in [1.29, 1.82) is 0 Å². The highest BCUT2D eigenvalue weighted by Crippen LogP contribution is 2.32. The molecule has 3 atom stereocenters. The predicted molar refractivity (Wildman–Crippen MR) is 37.9 cm³/mol. The van der Waals surface area contributed by atoms with Crippen molar-refractivity contribution in [3.63, 3.8) is 0 Å². The van der Waals surface area contributed by atoms with Crippen LogP contribution in [0.4, 0.5) is 35.1 Å². The van der Waals surface area contributed by atoms with Crippen molar-refractivity contribution < 1.29 is 35.1 Å². The highest BCUT2D eigenvalue weighted by Gasteiger charge is 2.59. The van der Waals surface area contributed by atoms with E-state index in [9.17, 15) is 35.1 Å². The Hall–Kier alpha value is -0.640. The lowest BCUT2D eigenvalue weighted by atomic mass is 9.99. The minimum absolute atomic E-state index is 3.73. The summed E-state index contributed by atoms with van der Waals surface area (Å²) in [6.45, 7) is 0. The largest absolute Gasteiger partial charge is 0.422 e. The smallest absolute Gasteiger partial charge is 0.303 e. The van der Waals surface area contributed by atoms with Crippen LogP contribution in [0.5, 0.6) is 0 Å². The number of rotatable bonds is 4. The summed E-state index contributed by atoms with van der Waals surface area (Å²) in [5, 5.41) is 0. The van der Waals surface area contributed by atoms with E-state index in [0.29, 0.717) is 0 Å². The summed E-state index contributed by atoms with van der Waals surface area (Å²) in [6.07, 6.45) is -20.9. The van der Waals surface area contributed by atoms with E-state index >= 15 is 0 Å². The molecule has 0 rings (SSSR count). The van der Waals surface area contributed by atoms with Gasteiger partial charge < -0.3 is 11.5 Å². The summed E-state index contributed by atoms with van der Waals surface area (Å²) in [6, 6.07) is 0. The zero-order chi connectivity index (χ0) is 13.3. The van der Waals surface area contributed by atoms with Crippen LogP contribution in [-0.4, -0.2) is 36.8 Å². The van der Waals surface area contributed by atoms with Gasteiger partial charge in [-0.1, -0.05) is 0 Å².